The molecule has 14 nitrogen and oxygen atoms in total. The summed E-state index contributed by atoms with van der Waals surface area (Å²) >= 11 is 0. The van der Waals surface area contributed by atoms with Crippen molar-refractivity contribution in [3.8, 4) is 11.5 Å². The molecule has 0 aliphatic heterocycles. The molecule has 0 fully saturated rings. The Balaban J connectivity index is 1.39. The van der Waals surface area contributed by atoms with Crippen molar-refractivity contribution in [3.05, 3.63) is 144 Å². The minimum Gasteiger partial charge on any atom is -0.497 e. The van der Waals surface area contributed by atoms with Gasteiger partial charge in [-0.3, -0.25) is 24.0 Å². The number of aliphatic carboxylic acids is 1. The Morgan fingerprint density at radius 1 is 0.738 bits per heavy atom. The largest absolute Gasteiger partial charge is 0.497 e. The summed E-state index contributed by atoms with van der Waals surface area (Å²) in [6.45, 7) is 4.29. The van der Waals surface area contributed by atoms with E-state index in [1.807, 2.05) is 111 Å². The molecule has 0 saturated heterocycles. The van der Waals surface area contributed by atoms with Gasteiger partial charge in [0.2, 0.25) is 17.7 Å². The summed E-state index contributed by atoms with van der Waals surface area (Å²) in [5.74, 6) is -2.32. The molecule has 0 spiro atoms. The van der Waals surface area contributed by atoms with Crippen molar-refractivity contribution >= 4 is 40.4 Å². The minimum atomic E-state index is -1.41. The van der Waals surface area contributed by atoms with Gasteiger partial charge in [0, 0.05) is 13.6 Å². The Morgan fingerprint density at radius 2 is 1.42 bits per heavy atom. The SMILES string of the molecule is CNC(CC(C)C)C(=O)N(C)C(COCc1ccccc1)C(=O)NC(COc1ccc2ccccc2c1C(=O)NC(CC(=O)O)C(=O)NCCc1cccc(OC)c1)Cc1ccccc1. The maximum atomic E-state index is 14.5. The second-order valence-corrected chi connectivity index (χ2v) is 16.3. The van der Waals surface area contributed by atoms with E-state index in [4.69, 9.17) is 14.2 Å². The van der Waals surface area contributed by atoms with Crippen molar-refractivity contribution in [3.63, 3.8) is 0 Å². The smallest absolute Gasteiger partial charge is 0.305 e. The Hall–Kier alpha value is -6.77. The number of likely N-dealkylation sites (N-methyl/N-ethyl adjacent to an activating group) is 2. The Labute approximate surface area is 381 Å². The summed E-state index contributed by atoms with van der Waals surface area (Å²) in [5.41, 5.74) is 2.81. The molecule has 344 valence electrons. The van der Waals surface area contributed by atoms with Crippen molar-refractivity contribution in [2.75, 3.05) is 41.0 Å². The van der Waals surface area contributed by atoms with Crippen LogP contribution in [-0.2, 0) is 43.4 Å². The fourth-order valence-electron chi connectivity index (χ4n) is 7.48. The summed E-state index contributed by atoms with van der Waals surface area (Å²) in [7, 11) is 4.89. The zero-order valence-electron chi connectivity index (χ0n) is 37.8. The summed E-state index contributed by atoms with van der Waals surface area (Å²) in [5, 5.41) is 22.6. The summed E-state index contributed by atoms with van der Waals surface area (Å²) in [4.78, 5) is 69.6. The van der Waals surface area contributed by atoms with Gasteiger partial charge in [0.05, 0.1) is 44.4 Å². The van der Waals surface area contributed by atoms with Crippen LogP contribution in [0.15, 0.2) is 121 Å². The number of hydrogen-bond acceptors (Lipinski definition) is 9. The highest BCUT2D eigenvalue weighted by Gasteiger charge is 2.33. The number of benzene rings is 5. The molecule has 4 unspecified atom stereocenters. The van der Waals surface area contributed by atoms with Gasteiger partial charge in [0.25, 0.3) is 5.91 Å². The van der Waals surface area contributed by atoms with E-state index in [1.54, 1.807) is 45.5 Å². The first-order valence-electron chi connectivity index (χ1n) is 21.8. The fraction of sp³-hybridized carbons (Fsp3) is 0.353. The first-order chi connectivity index (χ1) is 31.4. The van der Waals surface area contributed by atoms with Gasteiger partial charge < -0.3 is 45.5 Å². The fourth-order valence-corrected chi connectivity index (χ4v) is 7.48. The van der Waals surface area contributed by atoms with Crippen molar-refractivity contribution < 1.29 is 43.3 Å². The van der Waals surface area contributed by atoms with E-state index in [2.05, 4.69) is 21.3 Å². The van der Waals surface area contributed by atoms with Crippen LogP contribution in [0.2, 0.25) is 0 Å². The summed E-state index contributed by atoms with van der Waals surface area (Å²) in [6.07, 6.45) is 0.682. The van der Waals surface area contributed by atoms with Crippen LogP contribution in [-0.4, -0.2) is 105 Å². The molecule has 0 bridgehead atoms. The molecular formula is C51H61N5O9. The van der Waals surface area contributed by atoms with Gasteiger partial charge in [0.1, 0.15) is 30.2 Å². The predicted molar refractivity (Wildman–Crippen MR) is 250 cm³/mol. The van der Waals surface area contributed by atoms with Crippen LogP contribution >= 0.6 is 0 Å². The number of carboxylic acids is 1. The zero-order valence-corrected chi connectivity index (χ0v) is 37.8. The van der Waals surface area contributed by atoms with E-state index in [9.17, 15) is 29.1 Å². The van der Waals surface area contributed by atoms with Crippen LogP contribution in [0, 0.1) is 5.92 Å². The van der Waals surface area contributed by atoms with Gasteiger partial charge in [-0.05, 0) is 77.9 Å². The van der Waals surface area contributed by atoms with Crippen LogP contribution in [0.3, 0.4) is 0 Å². The highest BCUT2D eigenvalue weighted by Crippen LogP contribution is 2.29. The second kappa shape index (κ2) is 24.9. The molecule has 65 heavy (non-hydrogen) atoms. The number of rotatable bonds is 25. The molecule has 0 radical (unpaired) electrons. The molecule has 14 heteroatoms. The average molecular weight is 888 g/mol. The normalized spacial score (nSPS) is 13.0. The van der Waals surface area contributed by atoms with Crippen LogP contribution in [0.1, 0.15) is 53.7 Å². The molecule has 5 aromatic carbocycles. The first kappa shape index (κ1) is 49.2. The molecule has 0 aromatic heterocycles. The molecule has 0 heterocycles. The number of fused-ring (bicyclic) bond motifs is 1. The molecular weight excluding hydrogens is 827 g/mol. The van der Waals surface area contributed by atoms with Crippen molar-refractivity contribution in [2.45, 2.75) is 70.3 Å². The van der Waals surface area contributed by atoms with Gasteiger partial charge in [-0.25, -0.2) is 0 Å². The maximum absolute atomic E-state index is 14.5. The molecule has 5 aromatic rings. The summed E-state index contributed by atoms with van der Waals surface area (Å²) in [6, 6.07) is 33.4. The van der Waals surface area contributed by atoms with Crippen LogP contribution in [0.5, 0.6) is 11.5 Å². The number of methoxy groups -OCH3 is 1. The maximum Gasteiger partial charge on any atom is 0.305 e. The lowest BCUT2D eigenvalue weighted by molar-refractivity contribution is -0.143. The first-order valence-corrected chi connectivity index (χ1v) is 21.8. The predicted octanol–water partition coefficient (Wildman–Crippen LogP) is 5.56. The van der Waals surface area contributed by atoms with E-state index in [1.165, 1.54) is 4.90 Å². The third kappa shape index (κ3) is 14.9. The second-order valence-electron chi connectivity index (χ2n) is 16.3. The number of amides is 4. The monoisotopic (exact) mass is 887 g/mol. The minimum absolute atomic E-state index is 0.0823. The molecule has 4 amide bonds. The topological polar surface area (TPSA) is 185 Å². The Morgan fingerprint density at radius 3 is 2.09 bits per heavy atom. The number of carbonyl (C=O) groups excluding carboxylic acids is 4. The molecule has 5 N–H and O–H groups in total. The van der Waals surface area contributed by atoms with Crippen LogP contribution in [0.4, 0.5) is 0 Å². The number of ether oxygens (including phenoxy) is 3. The van der Waals surface area contributed by atoms with E-state index >= 15 is 0 Å². The van der Waals surface area contributed by atoms with Crippen molar-refractivity contribution in [1.29, 1.82) is 0 Å². The third-order valence-electron chi connectivity index (χ3n) is 10.9. The van der Waals surface area contributed by atoms with Gasteiger partial charge in [-0.2, -0.15) is 0 Å². The average Bonchev–Trinajstić information content (AvgIpc) is 3.30. The molecule has 5 rings (SSSR count). The number of carbonyl (C=O) groups is 5. The van der Waals surface area contributed by atoms with Crippen molar-refractivity contribution in [2.24, 2.45) is 5.92 Å². The Bertz CT molecular complexity index is 2340. The van der Waals surface area contributed by atoms with E-state index < -0.39 is 54.3 Å². The quantitative estimate of drug-likeness (QED) is 0.0497. The lowest BCUT2D eigenvalue weighted by Crippen LogP contribution is -2.57. The Kier molecular flexibility index (Phi) is 18.9. The number of carboxylic acid groups (broad SMARTS) is 1. The molecule has 0 aliphatic carbocycles. The van der Waals surface area contributed by atoms with Gasteiger partial charge >= 0.3 is 5.97 Å². The number of nitrogens with one attached hydrogen (secondary N) is 4. The molecule has 0 aliphatic rings. The van der Waals surface area contributed by atoms with Crippen molar-refractivity contribution in [1.82, 2.24) is 26.2 Å². The lowest BCUT2D eigenvalue weighted by Gasteiger charge is -2.32. The van der Waals surface area contributed by atoms with Crippen LogP contribution in [0.25, 0.3) is 10.8 Å². The van der Waals surface area contributed by atoms with E-state index in [0.29, 0.717) is 35.8 Å². The highest BCUT2D eigenvalue weighted by atomic mass is 16.5. The van der Waals surface area contributed by atoms with E-state index in [0.717, 1.165) is 16.7 Å². The van der Waals surface area contributed by atoms with Gasteiger partial charge in [0.15, 0.2) is 0 Å². The number of nitrogens with zero attached hydrogens (tertiary/aromatic N) is 1. The standard InChI is InChI=1S/C51H61N5O9/c1-34(2)27-43(52-3)51(62)56(4)44(33-64-31-37-17-10-7-11-18-37)49(60)54-39(28-35-15-8-6-9-16-35)32-65-45-24-23-38-20-12-13-22-41(38)47(45)50(61)55-42(30-46(57)58)48(59)53-26-25-36-19-14-21-40(29-36)63-5/h6-24,29,34,39,42-44,52H,25-28,30-33H2,1-5H3,(H,53,59)(H,54,60)(H,55,61)(H,57,58). The zero-order chi connectivity index (χ0) is 46.7. The van der Waals surface area contributed by atoms with Gasteiger partial charge in [-0.15, -0.1) is 0 Å². The summed E-state index contributed by atoms with van der Waals surface area (Å²) < 4.78 is 17.8. The molecule has 4 atom stereocenters. The highest BCUT2D eigenvalue weighted by molar-refractivity contribution is 6.10. The van der Waals surface area contributed by atoms with Gasteiger partial charge in [-0.1, -0.05) is 117 Å². The molecule has 0 saturated carbocycles. The lowest BCUT2D eigenvalue weighted by atomic mass is 10.0. The van der Waals surface area contributed by atoms with E-state index in [-0.39, 0.29) is 49.5 Å². The van der Waals surface area contributed by atoms with Crippen LogP contribution < -0.4 is 30.7 Å². The third-order valence-corrected chi connectivity index (χ3v) is 10.9. The number of hydrogen-bond donors (Lipinski definition) is 5.